The van der Waals surface area contributed by atoms with Gasteiger partial charge in [0.1, 0.15) is 0 Å². The summed E-state index contributed by atoms with van der Waals surface area (Å²) in [5, 5.41) is 20.6. The van der Waals surface area contributed by atoms with Crippen molar-refractivity contribution in [1.82, 2.24) is 9.80 Å². The molecule has 138 valence electrons. The van der Waals surface area contributed by atoms with Crippen molar-refractivity contribution in [2.24, 2.45) is 0 Å². The zero-order valence-corrected chi connectivity index (χ0v) is 14.9. The molecule has 2 saturated heterocycles. The van der Waals surface area contributed by atoms with Crippen LogP contribution in [0.15, 0.2) is 30.3 Å². The van der Waals surface area contributed by atoms with E-state index in [2.05, 4.69) is 17.0 Å². The summed E-state index contributed by atoms with van der Waals surface area (Å²) in [6.07, 6.45) is 4.48. The van der Waals surface area contributed by atoms with Crippen molar-refractivity contribution in [1.29, 1.82) is 0 Å². The minimum absolute atomic E-state index is 0.113. The second-order valence-corrected chi connectivity index (χ2v) is 7.52. The van der Waals surface area contributed by atoms with Crippen molar-refractivity contribution in [2.75, 3.05) is 32.7 Å². The fraction of sp³-hybridized carbons (Fsp3) is 0.650. The minimum atomic E-state index is -1.26. The summed E-state index contributed by atoms with van der Waals surface area (Å²) in [4.78, 5) is 16.8. The number of carbonyl (C=O) groups is 1. The Labute approximate surface area is 150 Å². The largest absolute Gasteiger partial charge is 0.393 e. The summed E-state index contributed by atoms with van der Waals surface area (Å²) in [5.41, 5.74) is 0.0295. The fourth-order valence-electron chi connectivity index (χ4n) is 3.99. The molecule has 0 aliphatic carbocycles. The molecule has 5 nitrogen and oxygen atoms in total. The van der Waals surface area contributed by atoms with E-state index in [4.69, 9.17) is 0 Å². The van der Waals surface area contributed by atoms with E-state index in [0.29, 0.717) is 19.5 Å². The second kappa shape index (κ2) is 8.30. The van der Waals surface area contributed by atoms with Gasteiger partial charge in [-0.1, -0.05) is 30.3 Å². The SMILES string of the molecule is O=C1N(CCCc2ccccc2)CCCC1(O)CN1CCC(O)CC1. The Hall–Kier alpha value is -1.43. The van der Waals surface area contributed by atoms with Crippen LogP contribution in [0.2, 0.25) is 0 Å². The van der Waals surface area contributed by atoms with Gasteiger partial charge in [0.2, 0.25) is 0 Å². The normalized spacial score (nSPS) is 26.2. The molecule has 0 spiro atoms. The Morgan fingerprint density at radius 2 is 1.84 bits per heavy atom. The Morgan fingerprint density at radius 1 is 1.12 bits per heavy atom. The molecule has 5 heteroatoms. The lowest BCUT2D eigenvalue weighted by Gasteiger charge is -2.42. The third kappa shape index (κ3) is 4.81. The molecule has 1 amide bonds. The molecule has 0 aromatic heterocycles. The summed E-state index contributed by atoms with van der Waals surface area (Å²) in [6, 6.07) is 10.3. The first-order valence-electron chi connectivity index (χ1n) is 9.53. The Bertz CT molecular complexity index is 557. The van der Waals surface area contributed by atoms with Gasteiger partial charge < -0.3 is 15.1 Å². The highest BCUT2D eigenvalue weighted by Gasteiger charge is 2.43. The molecule has 0 bridgehead atoms. The number of β-amino-alcohol motifs (C(OH)–C–C–N with tert-alkyl or cyclic N) is 1. The molecule has 1 atom stereocenters. The lowest BCUT2D eigenvalue weighted by Crippen LogP contribution is -2.59. The predicted octanol–water partition coefficient (Wildman–Crippen LogP) is 1.43. The maximum Gasteiger partial charge on any atom is 0.255 e. The number of carbonyl (C=O) groups excluding carboxylic acids is 1. The van der Waals surface area contributed by atoms with Crippen LogP contribution < -0.4 is 0 Å². The number of nitrogens with zero attached hydrogens (tertiary/aromatic N) is 2. The average Bonchev–Trinajstić information content (AvgIpc) is 2.62. The molecule has 0 radical (unpaired) electrons. The Balaban J connectivity index is 1.51. The van der Waals surface area contributed by atoms with Crippen LogP contribution in [0.25, 0.3) is 0 Å². The third-order valence-electron chi connectivity index (χ3n) is 5.48. The van der Waals surface area contributed by atoms with Gasteiger partial charge in [-0.3, -0.25) is 9.69 Å². The molecule has 25 heavy (non-hydrogen) atoms. The highest BCUT2D eigenvalue weighted by Crippen LogP contribution is 2.25. The highest BCUT2D eigenvalue weighted by atomic mass is 16.3. The van der Waals surface area contributed by atoms with E-state index in [9.17, 15) is 15.0 Å². The summed E-state index contributed by atoms with van der Waals surface area (Å²) in [6.45, 7) is 3.35. The van der Waals surface area contributed by atoms with Gasteiger partial charge in [-0.25, -0.2) is 0 Å². The lowest BCUT2D eigenvalue weighted by atomic mass is 9.90. The number of piperidine rings is 2. The highest BCUT2D eigenvalue weighted by molar-refractivity contribution is 5.86. The van der Waals surface area contributed by atoms with Crippen LogP contribution in [0.1, 0.15) is 37.7 Å². The third-order valence-corrected chi connectivity index (χ3v) is 5.48. The number of amides is 1. The molecular formula is C20H30N2O3. The maximum atomic E-state index is 12.8. The van der Waals surface area contributed by atoms with Crippen molar-refractivity contribution >= 4 is 5.91 Å². The smallest absolute Gasteiger partial charge is 0.255 e. The van der Waals surface area contributed by atoms with E-state index in [-0.39, 0.29) is 12.0 Å². The number of aliphatic hydroxyl groups excluding tert-OH is 1. The van der Waals surface area contributed by atoms with E-state index >= 15 is 0 Å². The van der Waals surface area contributed by atoms with Crippen molar-refractivity contribution in [3.05, 3.63) is 35.9 Å². The van der Waals surface area contributed by atoms with Gasteiger partial charge in [0.25, 0.3) is 5.91 Å². The van der Waals surface area contributed by atoms with Gasteiger partial charge in [0, 0.05) is 32.7 Å². The van der Waals surface area contributed by atoms with Crippen LogP contribution in [0.4, 0.5) is 0 Å². The van der Waals surface area contributed by atoms with Crippen molar-refractivity contribution in [3.8, 4) is 0 Å². The van der Waals surface area contributed by atoms with Gasteiger partial charge >= 0.3 is 0 Å². The predicted molar refractivity (Wildman–Crippen MR) is 97.2 cm³/mol. The van der Waals surface area contributed by atoms with Crippen molar-refractivity contribution in [2.45, 2.75) is 50.2 Å². The van der Waals surface area contributed by atoms with Crippen molar-refractivity contribution < 1.29 is 15.0 Å². The number of likely N-dealkylation sites (tertiary alicyclic amines) is 2. The number of hydrogen-bond acceptors (Lipinski definition) is 4. The van der Waals surface area contributed by atoms with Crippen LogP contribution in [-0.4, -0.2) is 70.3 Å². The number of aliphatic hydroxyl groups is 2. The second-order valence-electron chi connectivity index (χ2n) is 7.52. The quantitative estimate of drug-likeness (QED) is 0.818. The lowest BCUT2D eigenvalue weighted by molar-refractivity contribution is -0.160. The topological polar surface area (TPSA) is 64.0 Å². The Morgan fingerprint density at radius 3 is 2.56 bits per heavy atom. The first kappa shape index (κ1) is 18.4. The zero-order chi connectivity index (χ0) is 17.7. The number of benzene rings is 1. The monoisotopic (exact) mass is 346 g/mol. The van der Waals surface area contributed by atoms with Crippen LogP contribution >= 0.6 is 0 Å². The molecule has 2 N–H and O–H groups in total. The van der Waals surface area contributed by atoms with Gasteiger partial charge in [0.15, 0.2) is 5.60 Å². The zero-order valence-electron chi connectivity index (χ0n) is 14.9. The fourth-order valence-corrected chi connectivity index (χ4v) is 3.99. The van der Waals surface area contributed by atoms with Crippen LogP contribution in [0, 0.1) is 0 Å². The van der Waals surface area contributed by atoms with Crippen LogP contribution in [0.5, 0.6) is 0 Å². The molecule has 2 heterocycles. The first-order chi connectivity index (χ1) is 12.1. The summed E-state index contributed by atoms with van der Waals surface area (Å²) >= 11 is 0. The molecule has 1 unspecified atom stereocenters. The minimum Gasteiger partial charge on any atom is -0.393 e. The van der Waals surface area contributed by atoms with Gasteiger partial charge in [-0.05, 0) is 44.1 Å². The first-order valence-corrected chi connectivity index (χ1v) is 9.53. The van der Waals surface area contributed by atoms with E-state index < -0.39 is 5.60 Å². The molecule has 2 aliphatic heterocycles. The molecule has 1 aromatic rings. The Kier molecular flexibility index (Phi) is 6.10. The molecule has 0 saturated carbocycles. The average molecular weight is 346 g/mol. The standard InChI is InChI=1S/C20H30N2O3/c23-18-9-14-21(15-10-18)16-20(25)11-5-13-22(19(20)24)12-4-8-17-6-2-1-3-7-17/h1-3,6-7,18,23,25H,4-5,8-16H2. The maximum absolute atomic E-state index is 12.8. The molecule has 3 rings (SSSR count). The van der Waals surface area contributed by atoms with Gasteiger partial charge in [0.05, 0.1) is 6.10 Å². The molecule has 2 fully saturated rings. The number of aryl methyl sites for hydroxylation is 1. The van der Waals surface area contributed by atoms with Gasteiger partial charge in [-0.15, -0.1) is 0 Å². The van der Waals surface area contributed by atoms with E-state index in [0.717, 1.165) is 51.7 Å². The molecule has 2 aliphatic rings. The summed E-state index contributed by atoms with van der Waals surface area (Å²) in [5.74, 6) is -0.113. The number of hydrogen-bond donors (Lipinski definition) is 2. The summed E-state index contributed by atoms with van der Waals surface area (Å²) in [7, 11) is 0. The van der Waals surface area contributed by atoms with E-state index in [1.165, 1.54) is 5.56 Å². The summed E-state index contributed by atoms with van der Waals surface area (Å²) < 4.78 is 0. The molecular weight excluding hydrogens is 316 g/mol. The number of rotatable bonds is 6. The van der Waals surface area contributed by atoms with Gasteiger partial charge in [-0.2, -0.15) is 0 Å². The van der Waals surface area contributed by atoms with Crippen LogP contribution in [-0.2, 0) is 11.2 Å². The van der Waals surface area contributed by atoms with E-state index in [1.807, 2.05) is 23.1 Å². The molecule has 1 aromatic carbocycles. The van der Waals surface area contributed by atoms with Crippen molar-refractivity contribution in [3.63, 3.8) is 0 Å². The van der Waals surface area contributed by atoms with Crippen LogP contribution in [0.3, 0.4) is 0 Å². The van der Waals surface area contributed by atoms with E-state index in [1.54, 1.807) is 0 Å².